The molecule has 10 heteroatoms. The Kier molecular flexibility index (Phi) is 5.78. The molecule has 2 aliphatic heterocycles. The van der Waals surface area contributed by atoms with Gasteiger partial charge in [0.25, 0.3) is 0 Å². The molecule has 162 valence electrons. The summed E-state index contributed by atoms with van der Waals surface area (Å²) in [5.41, 5.74) is 7.07. The van der Waals surface area contributed by atoms with Crippen molar-refractivity contribution in [1.29, 1.82) is 0 Å². The summed E-state index contributed by atoms with van der Waals surface area (Å²) < 4.78 is 34.3. The molecule has 0 aromatic heterocycles. The number of fused-ring (bicyclic) bond motifs is 1. The van der Waals surface area contributed by atoms with Gasteiger partial charge in [-0.1, -0.05) is 60.7 Å². The molecule has 2 atom stereocenters. The normalized spacial score (nSPS) is 20.9. The molecule has 0 spiro atoms. The van der Waals surface area contributed by atoms with Crippen molar-refractivity contribution in [3.63, 3.8) is 0 Å². The maximum Gasteiger partial charge on any atom is 0.359 e. The molecule has 2 aliphatic rings. The smallest absolute Gasteiger partial charge is 0.359 e. The molecule has 4 rings (SSSR count). The van der Waals surface area contributed by atoms with Crippen molar-refractivity contribution in [2.24, 2.45) is 5.73 Å². The van der Waals surface area contributed by atoms with Gasteiger partial charge < -0.3 is 14.7 Å². The van der Waals surface area contributed by atoms with Crippen molar-refractivity contribution < 1.29 is 26.9 Å². The van der Waals surface area contributed by atoms with Crippen LogP contribution in [-0.4, -0.2) is 48.6 Å². The SMILES string of the molecule is CS(=O)(=O)OC1=C(C(=O)OC(c2ccccc2)c2ccccc2)N2C(=O)[C@@H](N)[C@@H]2SC1. The van der Waals surface area contributed by atoms with Gasteiger partial charge in [-0.15, -0.1) is 11.8 Å². The fraction of sp³-hybridized carbons (Fsp3) is 0.238. The molecule has 1 amide bonds. The third-order valence-electron chi connectivity index (χ3n) is 4.85. The molecule has 0 radical (unpaired) electrons. The molecule has 0 saturated carbocycles. The maximum atomic E-state index is 13.3. The maximum absolute atomic E-state index is 13.3. The van der Waals surface area contributed by atoms with Crippen LogP contribution in [0, 0.1) is 0 Å². The molecular formula is C21H20N2O6S2. The number of nitrogens with two attached hydrogens (primary N) is 1. The molecule has 31 heavy (non-hydrogen) atoms. The van der Waals surface area contributed by atoms with E-state index in [-0.39, 0.29) is 17.2 Å². The number of hydrogen-bond acceptors (Lipinski definition) is 8. The van der Waals surface area contributed by atoms with Crippen LogP contribution < -0.4 is 5.73 Å². The number of carbonyl (C=O) groups is 2. The molecule has 2 aromatic rings. The lowest BCUT2D eigenvalue weighted by atomic mass is 10.0. The first-order valence-electron chi connectivity index (χ1n) is 9.40. The number of esters is 1. The van der Waals surface area contributed by atoms with Crippen LogP contribution in [0.25, 0.3) is 0 Å². The van der Waals surface area contributed by atoms with Gasteiger partial charge in [0.1, 0.15) is 11.4 Å². The zero-order chi connectivity index (χ0) is 22.2. The third kappa shape index (κ3) is 4.32. The zero-order valence-corrected chi connectivity index (χ0v) is 18.1. The average Bonchev–Trinajstić information content (AvgIpc) is 2.76. The molecular weight excluding hydrogens is 440 g/mol. The summed E-state index contributed by atoms with van der Waals surface area (Å²) >= 11 is 1.23. The second-order valence-corrected chi connectivity index (χ2v) is 9.78. The van der Waals surface area contributed by atoms with Crippen molar-refractivity contribution >= 4 is 33.8 Å². The topological polar surface area (TPSA) is 116 Å². The van der Waals surface area contributed by atoms with Gasteiger partial charge in [-0.25, -0.2) is 4.79 Å². The van der Waals surface area contributed by atoms with E-state index in [1.54, 1.807) is 0 Å². The standard InChI is InChI=1S/C21H20N2O6S2/c1-31(26,27)29-15-12-30-20-16(22)19(24)23(20)17(15)21(25)28-18(13-8-4-2-5-9-13)14-10-6-3-7-11-14/h2-11,16,18,20H,12,22H2,1H3/t16-,20+/m1/s1. The van der Waals surface area contributed by atoms with E-state index in [1.165, 1.54) is 11.8 Å². The molecule has 1 saturated heterocycles. The van der Waals surface area contributed by atoms with Gasteiger partial charge in [0.15, 0.2) is 17.6 Å². The Bertz CT molecular complexity index is 1100. The number of benzene rings is 2. The first-order valence-corrected chi connectivity index (χ1v) is 12.3. The number of carbonyl (C=O) groups excluding carboxylic acids is 2. The largest absolute Gasteiger partial charge is 0.448 e. The van der Waals surface area contributed by atoms with Crippen LogP contribution in [0.15, 0.2) is 72.1 Å². The first-order chi connectivity index (χ1) is 14.8. The Morgan fingerprint density at radius 1 is 1.10 bits per heavy atom. The van der Waals surface area contributed by atoms with Gasteiger partial charge in [-0.2, -0.15) is 8.42 Å². The molecule has 0 unspecified atom stereocenters. The third-order valence-corrected chi connectivity index (χ3v) is 6.63. The van der Waals surface area contributed by atoms with Crippen molar-refractivity contribution in [2.45, 2.75) is 17.5 Å². The number of thioether (sulfide) groups is 1. The van der Waals surface area contributed by atoms with Crippen molar-refractivity contribution in [1.82, 2.24) is 4.90 Å². The second-order valence-electron chi connectivity index (χ2n) is 7.10. The Balaban J connectivity index is 1.72. The van der Waals surface area contributed by atoms with Gasteiger partial charge in [0, 0.05) is 0 Å². The van der Waals surface area contributed by atoms with Crippen LogP contribution in [-0.2, 0) is 28.6 Å². The Morgan fingerprint density at radius 3 is 2.16 bits per heavy atom. The minimum absolute atomic E-state index is 0.0704. The lowest BCUT2D eigenvalue weighted by Crippen LogP contribution is -2.68. The van der Waals surface area contributed by atoms with Crippen LogP contribution in [0.2, 0.25) is 0 Å². The molecule has 0 aliphatic carbocycles. The Hall–Kier alpha value is -2.82. The van der Waals surface area contributed by atoms with Crippen LogP contribution in [0.3, 0.4) is 0 Å². The molecule has 0 bridgehead atoms. The average molecular weight is 461 g/mol. The number of β-lactam (4-membered cyclic amide) rings is 1. The van der Waals surface area contributed by atoms with Gasteiger partial charge in [0.05, 0.1) is 12.0 Å². The fourth-order valence-electron chi connectivity index (χ4n) is 3.47. The quantitative estimate of drug-likeness (QED) is 0.394. The van der Waals surface area contributed by atoms with Gasteiger partial charge in [0.2, 0.25) is 5.91 Å². The summed E-state index contributed by atoms with van der Waals surface area (Å²) in [5, 5.41) is -0.478. The van der Waals surface area contributed by atoms with Crippen molar-refractivity contribution in [3.8, 4) is 0 Å². The Morgan fingerprint density at radius 2 is 1.65 bits per heavy atom. The summed E-state index contributed by atoms with van der Waals surface area (Å²) in [7, 11) is -3.92. The van der Waals surface area contributed by atoms with Crippen LogP contribution in [0.5, 0.6) is 0 Å². The monoisotopic (exact) mass is 460 g/mol. The highest BCUT2D eigenvalue weighted by Gasteiger charge is 2.53. The number of nitrogens with zero attached hydrogens (tertiary/aromatic N) is 1. The number of amides is 1. The summed E-state index contributed by atoms with van der Waals surface area (Å²) in [6.45, 7) is 0. The highest BCUT2D eigenvalue weighted by Crippen LogP contribution is 2.41. The van der Waals surface area contributed by atoms with E-state index < -0.39 is 39.5 Å². The van der Waals surface area contributed by atoms with Crippen molar-refractivity contribution in [3.05, 3.63) is 83.2 Å². The molecule has 2 N–H and O–H groups in total. The van der Waals surface area contributed by atoms with E-state index in [2.05, 4.69) is 0 Å². The summed E-state index contributed by atoms with van der Waals surface area (Å²) in [4.78, 5) is 26.8. The molecule has 2 aromatic carbocycles. The number of hydrogen-bond donors (Lipinski definition) is 1. The highest BCUT2D eigenvalue weighted by molar-refractivity contribution is 8.00. The second kappa shape index (κ2) is 8.37. The highest BCUT2D eigenvalue weighted by atomic mass is 32.2. The summed E-state index contributed by atoms with van der Waals surface area (Å²) in [6, 6.07) is 17.5. The minimum atomic E-state index is -3.92. The van der Waals surface area contributed by atoms with Crippen LogP contribution >= 0.6 is 11.8 Å². The van der Waals surface area contributed by atoms with Gasteiger partial charge in [-0.3, -0.25) is 9.69 Å². The Labute approximate surface area is 184 Å². The van der Waals surface area contributed by atoms with E-state index in [9.17, 15) is 18.0 Å². The predicted molar refractivity (Wildman–Crippen MR) is 115 cm³/mol. The van der Waals surface area contributed by atoms with E-state index in [1.807, 2.05) is 60.7 Å². The molecule has 2 heterocycles. The zero-order valence-electron chi connectivity index (χ0n) is 16.5. The van der Waals surface area contributed by atoms with Crippen molar-refractivity contribution in [2.75, 3.05) is 12.0 Å². The summed E-state index contributed by atoms with van der Waals surface area (Å²) in [6.07, 6.45) is 0.111. The predicted octanol–water partition coefficient (Wildman–Crippen LogP) is 1.75. The number of ether oxygens (including phenoxy) is 1. The van der Waals surface area contributed by atoms with Gasteiger partial charge >= 0.3 is 16.1 Å². The van der Waals surface area contributed by atoms with E-state index >= 15 is 0 Å². The lowest BCUT2D eigenvalue weighted by Gasteiger charge is -2.47. The lowest BCUT2D eigenvalue weighted by molar-refractivity contribution is -0.153. The van der Waals surface area contributed by atoms with Crippen LogP contribution in [0.1, 0.15) is 17.2 Å². The van der Waals surface area contributed by atoms with E-state index in [0.29, 0.717) is 0 Å². The number of rotatable bonds is 6. The molecule has 8 nitrogen and oxygen atoms in total. The molecule has 1 fully saturated rings. The fourth-order valence-corrected chi connectivity index (χ4v) is 5.25. The summed E-state index contributed by atoms with van der Waals surface area (Å²) in [5.74, 6) is -1.42. The van der Waals surface area contributed by atoms with Gasteiger partial charge in [-0.05, 0) is 11.1 Å². The minimum Gasteiger partial charge on any atom is -0.448 e. The van der Waals surface area contributed by atoms with E-state index in [4.69, 9.17) is 14.7 Å². The van der Waals surface area contributed by atoms with Crippen LogP contribution in [0.4, 0.5) is 0 Å². The van der Waals surface area contributed by atoms with E-state index in [0.717, 1.165) is 22.3 Å². The first kappa shape index (κ1) is 21.4.